The molecule has 5 heteroatoms. The van der Waals surface area contributed by atoms with E-state index in [9.17, 15) is 0 Å². The van der Waals surface area contributed by atoms with Crippen molar-refractivity contribution in [2.45, 2.75) is 13.8 Å². The second-order valence-electron chi connectivity index (χ2n) is 2.94. The average Bonchev–Trinajstić information content (AvgIpc) is 2.21. The summed E-state index contributed by atoms with van der Waals surface area (Å²) in [7, 11) is 0. The summed E-state index contributed by atoms with van der Waals surface area (Å²) in [6, 6.07) is 11.7. The Morgan fingerprint density at radius 2 is 1.06 bits per heavy atom. The Morgan fingerprint density at radius 3 is 1.18 bits per heavy atom. The summed E-state index contributed by atoms with van der Waals surface area (Å²) in [4.78, 5) is 7.96. The van der Waals surface area contributed by atoms with E-state index in [0.717, 1.165) is 11.4 Å². The quantitative estimate of drug-likeness (QED) is 0.477. The molecule has 2 nitrogen and oxygen atoms in total. The zero-order valence-electron chi connectivity index (χ0n) is 9.98. The third-order valence-corrected chi connectivity index (χ3v) is 1.63. The molecule has 2 heterocycles. The van der Waals surface area contributed by atoms with E-state index in [1.54, 1.807) is 12.4 Å². The molecule has 0 saturated carbocycles. The Bertz CT molecular complexity index is 320. The van der Waals surface area contributed by atoms with Crippen LogP contribution in [0.4, 0.5) is 0 Å². The van der Waals surface area contributed by atoms with Crippen LogP contribution in [0, 0.1) is 13.8 Å². The van der Waals surface area contributed by atoms with Crippen molar-refractivity contribution in [3.05, 3.63) is 60.2 Å². The van der Waals surface area contributed by atoms with Crippen LogP contribution in [0.15, 0.2) is 48.8 Å². The van der Waals surface area contributed by atoms with Gasteiger partial charge in [0.25, 0.3) is 0 Å². The van der Waals surface area contributed by atoms with E-state index in [-0.39, 0.29) is 44.3 Å². The number of hydrogen-bond acceptors (Lipinski definition) is 2. The van der Waals surface area contributed by atoms with Crippen molar-refractivity contribution < 1.29 is 44.3 Å². The molecule has 0 saturated heterocycles. The molecule has 0 unspecified atom stereocenters. The molecule has 0 spiro atoms. The SMILES string of the molecule is Cc1ccccn1.Cc1ccccn1.[Cl-].[Cl-].[Zn+2]. The predicted molar refractivity (Wildman–Crippen MR) is 57.9 cm³/mol. The van der Waals surface area contributed by atoms with E-state index in [2.05, 4.69) is 9.97 Å². The van der Waals surface area contributed by atoms with Crippen molar-refractivity contribution in [3.8, 4) is 0 Å². The summed E-state index contributed by atoms with van der Waals surface area (Å²) in [5.74, 6) is 0. The van der Waals surface area contributed by atoms with E-state index < -0.39 is 0 Å². The standard InChI is InChI=1S/2C6H7N.2ClH.Zn/c2*1-6-4-2-3-5-7-6;;;/h2*2-5H,1H3;2*1H;/q;;;;+2/p-2. The molecule has 88 valence electrons. The fourth-order valence-corrected chi connectivity index (χ4v) is 0.896. The third kappa shape index (κ3) is 11.8. The zero-order valence-corrected chi connectivity index (χ0v) is 14.5. The first-order chi connectivity index (χ1) is 6.79. The summed E-state index contributed by atoms with van der Waals surface area (Å²) in [5, 5.41) is 0. The Balaban J connectivity index is -0.000000196. The Labute approximate surface area is 128 Å². The van der Waals surface area contributed by atoms with Gasteiger partial charge in [-0.1, -0.05) is 12.1 Å². The smallest absolute Gasteiger partial charge is 1.00 e. The monoisotopic (exact) mass is 320 g/mol. The summed E-state index contributed by atoms with van der Waals surface area (Å²) < 4.78 is 0. The number of halogens is 2. The van der Waals surface area contributed by atoms with Crippen LogP contribution in [0.2, 0.25) is 0 Å². The molecular formula is C12H14Cl2N2Zn. The van der Waals surface area contributed by atoms with Crippen LogP contribution in [0.3, 0.4) is 0 Å². The minimum absolute atomic E-state index is 0. The van der Waals surface area contributed by atoms with E-state index in [1.165, 1.54) is 0 Å². The maximum Gasteiger partial charge on any atom is 2.00 e. The molecule has 0 fully saturated rings. The van der Waals surface area contributed by atoms with E-state index in [1.807, 2.05) is 50.2 Å². The summed E-state index contributed by atoms with van der Waals surface area (Å²) in [6.07, 6.45) is 3.57. The Kier molecular flexibility index (Phi) is 17.4. The fourth-order valence-electron chi connectivity index (χ4n) is 0.896. The molecule has 17 heavy (non-hydrogen) atoms. The summed E-state index contributed by atoms with van der Waals surface area (Å²) >= 11 is 0. The summed E-state index contributed by atoms with van der Waals surface area (Å²) in [6.45, 7) is 3.94. The van der Waals surface area contributed by atoms with Gasteiger partial charge in [0.15, 0.2) is 0 Å². The molecule has 0 radical (unpaired) electrons. The van der Waals surface area contributed by atoms with Crippen molar-refractivity contribution in [2.75, 3.05) is 0 Å². The van der Waals surface area contributed by atoms with Crippen LogP contribution in [0.5, 0.6) is 0 Å². The number of aryl methyl sites for hydroxylation is 2. The maximum atomic E-state index is 3.98. The molecule has 0 amide bonds. The van der Waals surface area contributed by atoms with Crippen LogP contribution in [0.1, 0.15) is 11.4 Å². The van der Waals surface area contributed by atoms with Gasteiger partial charge in [0, 0.05) is 23.8 Å². The second kappa shape index (κ2) is 13.6. The Hall–Kier alpha value is -0.497. The predicted octanol–water partition coefficient (Wildman–Crippen LogP) is -3.21. The molecule has 0 N–H and O–H groups in total. The minimum atomic E-state index is 0. The number of aromatic nitrogens is 2. The van der Waals surface area contributed by atoms with Crippen molar-refractivity contribution in [2.24, 2.45) is 0 Å². The molecule has 0 aliphatic heterocycles. The van der Waals surface area contributed by atoms with Gasteiger partial charge in [-0.25, -0.2) is 0 Å². The fraction of sp³-hybridized carbons (Fsp3) is 0.167. The van der Waals surface area contributed by atoms with Gasteiger partial charge in [-0.05, 0) is 38.1 Å². The minimum Gasteiger partial charge on any atom is -1.00 e. The first-order valence-corrected chi connectivity index (χ1v) is 4.54. The summed E-state index contributed by atoms with van der Waals surface area (Å²) in [5.41, 5.74) is 2.14. The molecular weight excluding hydrogens is 308 g/mol. The molecule has 0 aromatic carbocycles. The van der Waals surface area contributed by atoms with Crippen molar-refractivity contribution >= 4 is 0 Å². The van der Waals surface area contributed by atoms with Crippen LogP contribution in [-0.4, -0.2) is 9.97 Å². The average molecular weight is 323 g/mol. The topological polar surface area (TPSA) is 25.8 Å². The van der Waals surface area contributed by atoms with Crippen molar-refractivity contribution in [3.63, 3.8) is 0 Å². The molecule has 0 aliphatic carbocycles. The number of nitrogens with zero attached hydrogens (tertiary/aromatic N) is 2. The number of pyridine rings is 2. The van der Waals surface area contributed by atoms with Gasteiger partial charge >= 0.3 is 19.5 Å². The van der Waals surface area contributed by atoms with Gasteiger partial charge in [0.1, 0.15) is 0 Å². The maximum absolute atomic E-state index is 3.98. The molecule has 2 aromatic rings. The number of rotatable bonds is 0. The third-order valence-electron chi connectivity index (χ3n) is 1.63. The van der Waals surface area contributed by atoms with Crippen LogP contribution >= 0.6 is 0 Å². The van der Waals surface area contributed by atoms with Gasteiger partial charge < -0.3 is 24.8 Å². The second-order valence-corrected chi connectivity index (χ2v) is 2.94. The first-order valence-electron chi connectivity index (χ1n) is 4.54. The van der Waals surface area contributed by atoms with E-state index in [0.29, 0.717) is 0 Å². The molecule has 0 bridgehead atoms. The molecule has 2 aromatic heterocycles. The van der Waals surface area contributed by atoms with Gasteiger partial charge in [0.2, 0.25) is 0 Å². The van der Waals surface area contributed by atoms with Crippen molar-refractivity contribution in [1.82, 2.24) is 9.97 Å². The molecule has 2 rings (SSSR count). The largest absolute Gasteiger partial charge is 2.00 e. The van der Waals surface area contributed by atoms with Crippen LogP contribution in [-0.2, 0) is 19.5 Å². The van der Waals surface area contributed by atoms with Gasteiger partial charge in [-0.3, -0.25) is 9.97 Å². The number of hydrogen-bond donors (Lipinski definition) is 0. The van der Waals surface area contributed by atoms with Crippen LogP contribution in [0.25, 0.3) is 0 Å². The van der Waals surface area contributed by atoms with Crippen LogP contribution < -0.4 is 24.8 Å². The van der Waals surface area contributed by atoms with E-state index >= 15 is 0 Å². The normalized spacial score (nSPS) is 7.18. The van der Waals surface area contributed by atoms with Gasteiger partial charge in [-0.2, -0.15) is 0 Å². The zero-order chi connectivity index (χ0) is 10.2. The van der Waals surface area contributed by atoms with Gasteiger partial charge in [0.05, 0.1) is 0 Å². The Morgan fingerprint density at radius 1 is 0.706 bits per heavy atom. The van der Waals surface area contributed by atoms with E-state index in [4.69, 9.17) is 0 Å². The van der Waals surface area contributed by atoms with Crippen molar-refractivity contribution in [1.29, 1.82) is 0 Å². The van der Waals surface area contributed by atoms with Gasteiger partial charge in [-0.15, -0.1) is 0 Å². The molecule has 0 atom stereocenters. The molecule has 0 aliphatic rings. The first kappa shape index (κ1) is 21.8.